The predicted octanol–water partition coefficient (Wildman–Crippen LogP) is 2.93. The van der Waals surface area contributed by atoms with Crippen molar-refractivity contribution in [2.24, 2.45) is 0 Å². The second-order valence-corrected chi connectivity index (χ2v) is 4.12. The monoisotopic (exact) mass is 278 g/mol. The van der Waals surface area contributed by atoms with Crippen LogP contribution in [0.15, 0.2) is 30.5 Å². The highest BCUT2D eigenvalue weighted by Gasteiger charge is 2.13. The van der Waals surface area contributed by atoms with Gasteiger partial charge in [0.05, 0.1) is 13.3 Å². The lowest BCUT2D eigenvalue weighted by molar-refractivity contribution is 0.102. The molecule has 20 heavy (non-hydrogen) atoms. The van der Waals surface area contributed by atoms with Crippen LogP contribution in [0.3, 0.4) is 0 Å². The molecule has 0 aliphatic rings. The van der Waals surface area contributed by atoms with Crippen LogP contribution >= 0.6 is 0 Å². The Morgan fingerprint density at radius 2 is 2.00 bits per heavy atom. The summed E-state index contributed by atoms with van der Waals surface area (Å²) in [5.41, 5.74) is 0.964. The first-order valence-corrected chi connectivity index (χ1v) is 5.78. The molecule has 2 rings (SSSR count). The second-order valence-electron chi connectivity index (χ2n) is 4.12. The van der Waals surface area contributed by atoms with Crippen molar-refractivity contribution in [3.8, 4) is 5.75 Å². The van der Waals surface area contributed by atoms with E-state index in [4.69, 9.17) is 4.74 Å². The molecule has 0 unspecified atom stereocenters. The van der Waals surface area contributed by atoms with Gasteiger partial charge in [0.25, 0.3) is 5.91 Å². The van der Waals surface area contributed by atoms with Crippen LogP contribution in [0.25, 0.3) is 0 Å². The van der Waals surface area contributed by atoms with Gasteiger partial charge in [0.2, 0.25) is 0 Å². The molecule has 0 saturated heterocycles. The number of hydrogen-bond donors (Lipinski definition) is 1. The Morgan fingerprint density at radius 1 is 1.25 bits per heavy atom. The van der Waals surface area contributed by atoms with Gasteiger partial charge in [-0.05, 0) is 30.7 Å². The number of methoxy groups -OCH3 is 1. The third-order valence-corrected chi connectivity index (χ3v) is 2.68. The summed E-state index contributed by atoms with van der Waals surface area (Å²) in [7, 11) is 1.50. The fourth-order valence-electron chi connectivity index (χ4n) is 1.66. The molecule has 1 heterocycles. The molecule has 0 fully saturated rings. The van der Waals surface area contributed by atoms with E-state index in [1.54, 1.807) is 13.0 Å². The summed E-state index contributed by atoms with van der Waals surface area (Å²) >= 11 is 0. The summed E-state index contributed by atoms with van der Waals surface area (Å²) in [6.07, 6.45) is 1.41. The highest BCUT2D eigenvalue weighted by atomic mass is 19.2. The van der Waals surface area contributed by atoms with E-state index < -0.39 is 17.5 Å². The lowest BCUT2D eigenvalue weighted by atomic mass is 10.2. The number of aromatic nitrogens is 1. The number of nitrogens with one attached hydrogen (secondary N) is 1. The lowest BCUT2D eigenvalue weighted by Gasteiger charge is -2.08. The highest BCUT2D eigenvalue weighted by Crippen LogP contribution is 2.17. The van der Waals surface area contributed by atoms with E-state index in [1.807, 2.05) is 0 Å². The maximum Gasteiger partial charge on any atom is 0.274 e. The van der Waals surface area contributed by atoms with Gasteiger partial charge in [-0.25, -0.2) is 13.8 Å². The average molecular weight is 278 g/mol. The van der Waals surface area contributed by atoms with Crippen LogP contribution in [0.5, 0.6) is 5.75 Å². The van der Waals surface area contributed by atoms with Crippen molar-refractivity contribution in [1.82, 2.24) is 4.98 Å². The van der Waals surface area contributed by atoms with Gasteiger partial charge in [0, 0.05) is 11.8 Å². The summed E-state index contributed by atoms with van der Waals surface area (Å²) < 4.78 is 30.8. The van der Waals surface area contributed by atoms with E-state index in [0.29, 0.717) is 11.3 Å². The molecule has 0 aliphatic carbocycles. The molecule has 104 valence electrons. The van der Waals surface area contributed by atoms with E-state index in [9.17, 15) is 13.6 Å². The largest absolute Gasteiger partial charge is 0.495 e. The highest BCUT2D eigenvalue weighted by molar-refractivity contribution is 6.03. The average Bonchev–Trinajstić information content (AvgIpc) is 2.42. The van der Waals surface area contributed by atoms with Crippen LogP contribution in [0, 0.1) is 18.6 Å². The van der Waals surface area contributed by atoms with Crippen molar-refractivity contribution in [3.05, 3.63) is 53.4 Å². The van der Waals surface area contributed by atoms with Gasteiger partial charge in [-0.2, -0.15) is 0 Å². The molecule has 0 aliphatic heterocycles. The Morgan fingerprint density at radius 3 is 2.60 bits per heavy atom. The Labute approximate surface area is 114 Å². The standard InChI is InChI=1S/C14H12F2N2O2/c1-8-5-10(20-2)7-17-13(8)14(19)18-9-3-4-11(15)12(16)6-9/h3-7H,1-2H3,(H,18,19). The van der Waals surface area contributed by atoms with E-state index in [-0.39, 0.29) is 11.4 Å². The molecule has 1 amide bonds. The van der Waals surface area contributed by atoms with Crippen molar-refractivity contribution in [1.29, 1.82) is 0 Å². The van der Waals surface area contributed by atoms with Gasteiger partial charge in [-0.3, -0.25) is 4.79 Å². The fraction of sp³-hybridized carbons (Fsp3) is 0.143. The Bertz CT molecular complexity index is 660. The van der Waals surface area contributed by atoms with Crippen LogP contribution in [0.4, 0.5) is 14.5 Å². The van der Waals surface area contributed by atoms with Crippen molar-refractivity contribution >= 4 is 11.6 Å². The number of benzene rings is 1. The SMILES string of the molecule is COc1cnc(C(=O)Nc2ccc(F)c(F)c2)c(C)c1. The maximum absolute atomic E-state index is 13.1. The van der Waals surface area contributed by atoms with E-state index in [2.05, 4.69) is 10.3 Å². The number of aryl methyl sites for hydroxylation is 1. The summed E-state index contributed by atoms with van der Waals surface area (Å²) in [6.45, 7) is 1.70. The minimum absolute atomic E-state index is 0.158. The van der Waals surface area contributed by atoms with Crippen molar-refractivity contribution < 1.29 is 18.3 Å². The number of ether oxygens (including phenoxy) is 1. The third kappa shape index (κ3) is 2.90. The Kier molecular flexibility index (Phi) is 3.93. The molecule has 1 aromatic heterocycles. The quantitative estimate of drug-likeness (QED) is 0.939. The minimum Gasteiger partial charge on any atom is -0.495 e. The van der Waals surface area contributed by atoms with Gasteiger partial charge in [0.1, 0.15) is 11.4 Å². The van der Waals surface area contributed by atoms with Gasteiger partial charge >= 0.3 is 0 Å². The van der Waals surface area contributed by atoms with Gasteiger partial charge < -0.3 is 10.1 Å². The van der Waals surface area contributed by atoms with Crippen molar-refractivity contribution in [2.45, 2.75) is 6.92 Å². The number of rotatable bonds is 3. The molecule has 4 nitrogen and oxygen atoms in total. The number of hydrogen-bond acceptors (Lipinski definition) is 3. The number of amides is 1. The van der Waals surface area contributed by atoms with Gasteiger partial charge in [0.15, 0.2) is 11.6 Å². The first-order chi connectivity index (χ1) is 9.51. The number of anilines is 1. The molecule has 1 aromatic carbocycles. The van der Waals surface area contributed by atoms with Gasteiger partial charge in [-0.15, -0.1) is 0 Å². The maximum atomic E-state index is 13.1. The molecular weight excluding hydrogens is 266 g/mol. The topological polar surface area (TPSA) is 51.2 Å². The number of carbonyl (C=O) groups is 1. The van der Waals surface area contributed by atoms with Crippen LogP contribution < -0.4 is 10.1 Å². The molecule has 0 atom stereocenters. The molecule has 0 saturated carbocycles. The normalized spacial score (nSPS) is 10.2. The molecule has 0 radical (unpaired) electrons. The molecule has 6 heteroatoms. The molecular formula is C14H12F2N2O2. The van der Waals surface area contributed by atoms with Gasteiger partial charge in [-0.1, -0.05) is 0 Å². The second kappa shape index (κ2) is 5.64. The predicted molar refractivity (Wildman–Crippen MR) is 69.8 cm³/mol. The Balaban J connectivity index is 2.21. The zero-order chi connectivity index (χ0) is 14.7. The molecule has 0 spiro atoms. The van der Waals surface area contributed by atoms with Crippen LogP contribution in [0.2, 0.25) is 0 Å². The summed E-state index contributed by atoms with van der Waals surface area (Å²) in [5, 5.41) is 2.46. The first-order valence-electron chi connectivity index (χ1n) is 5.78. The fourth-order valence-corrected chi connectivity index (χ4v) is 1.66. The summed E-state index contributed by atoms with van der Waals surface area (Å²) in [6, 6.07) is 4.79. The summed E-state index contributed by atoms with van der Waals surface area (Å²) in [5.74, 6) is -1.97. The van der Waals surface area contributed by atoms with E-state index in [1.165, 1.54) is 19.4 Å². The number of nitrogens with zero attached hydrogens (tertiary/aromatic N) is 1. The Hall–Kier alpha value is -2.50. The van der Waals surface area contributed by atoms with Crippen LogP contribution in [-0.4, -0.2) is 18.0 Å². The molecule has 2 aromatic rings. The number of carbonyl (C=O) groups excluding carboxylic acids is 1. The summed E-state index contributed by atoms with van der Waals surface area (Å²) in [4.78, 5) is 16.0. The van der Waals surface area contributed by atoms with E-state index in [0.717, 1.165) is 12.1 Å². The van der Waals surface area contributed by atoms with Crippen LogP contribution in [0.1, 0.15) is 16.1 Å². The first kappa shape index (κ1) is 13.9. The van der Waals surface area contributed by atoms with Crippen LogP contribution in [-0.2, 0) is 0 Å². The van der Waals surface area contributed by atoms with E-state index >= 15 is 0 Å². The molecule has 0 bridgehead atoms. The lowest BCUT2D eigenvalue weighted by Crippen LogP contribution is -2.15. The zero-order valence-electron chi connectivity index (χ0n) is 10.9. The smallest absolute Gasteiger partial charge is 0.274 e. The minimum atomic E-state index is -1.03. The zero-order valence-corrected chi connectivity index (χ0v) is 10.9. The number of halogens is 2. The van der Waals surface area contributed by atoms with Crippen molar-refractivity contribution in [2.75, 3.05) is 12.4 Å². The third-order valence-electron chi connectivity index (χ3n) is 2.68. The van der Waals surface area contributed by atoms with Crippen molar-refractivity contribution in [3.63, 3.8) is 0 Å². The number of pyridine rings is 1. The molecule has 1 N–H and O–H groups in total.